The van der Waals surface area contributed by atoms with Crippen molar-refractivity contribution in [2.24, 2.45) is 5.92 Å². The summed E-state index contributed by atoms with van der Waals surface area (Å²) in [5.74, 6) is 1.42. The predicted molar refractivity (Wildman–Crippen MR) is 81.9 cm³/mol. The van der Waals surface area contributed by atoms with Gasteiger partial charge in [-0.25, -0.2) is 4.98 Å². The van der Waals surface area contributed by atoms with Gasteiger partial charge in [0.1, 0.15) is 0 Å². The molecule has 20 heavy (non-hydrogen) atoms. The average molecular weight is 277 g/mol. The van der Waals surface area contributed by atoms with Gasteiger partial charge >= 0.3 is 0 Å². The van der Waals surface area contributed by atoms with E-state index < -0.39 is 0 Å². The van der Waals surface area contributed by atoms with Gasteiger partial charge in [-0.05, 0) is 31.5 Å². The van der Waals surface area contributed by atoms with Crippen LogP contribution in [0.3, 0.4) is 0 Å². The van der Waals surface area contributed by atoms with E-state index in [9.17, 15) is 0 Å². The van der Waals surface area contributed by atoms with Gasteiger partial charge in [0, 0.05) is 25.2 Å². The van der Waals surface area contributed by atoms with Crippen molar-refractivity contribution in [3.8, 4) is 5.88 Å². The third-order valence-corrected chi connectivity index (χ3v) is 4.22. The summed E-state index contributed by atoms with van der Waals surface area (Å²) in [6, 6.07) is 6.59. The minimum absolute atomic E-state index is 0.591. The van der Waals surface area contributed by atoms with E-state index in [2.05, 4.69) is 35.1 Å². The minimum atomic E-state index is 0.591. The van der Waals surface area contributed by atoms with E-state index in [4.69, 9.17) is 4.74 Å². The molecule has 4 nitrogen and oxygen atoms in total. The summed E-state index contributed by atoms with van der Waals surface area (Å²) < 4.78 is 5.20. The lowest BCUT2D eigenvalue weighted by Gasteiger charge is -2.27. The second-order valence-electron chi connectivity index (χ2n) is 5.71. The van der Waals surface area contributed by atoms with E-state index in [0.29, 0.717) is 17.8 Å². The molecule has 1 fully saturated rings. The third-order valence-electron chi connectivity index (χ3n) is 4.22. The number of methoxy groups -OCH3 is 1. The van der Waals surface area contributed by atoms with Gasteiger partial charge in [0.2, 0.25) is 5.88 Å². The summed E-state index contributed by atoms with van der Waals surface area (Å²) in [5.41, 5.74) is 1.09. The molecule has 2 heterocycles. The van der Waals surface area contributed by atoms with Crippen LogP contribution in [0.2, 0.25) is 0 Å². The quantitative estimate of drug-likeness (QED) is 0.896. The summed E-state index contributed by atoms with van der Waals surface area (Å²) in [6.07, 6.45) is 2.43. The van der Waals surface area contributed by atoms with E-state index in [0.717, 1.165) is 31.9 Å². The van der Waals surface area contributed by atoms with Gasteiger partial charge in [-0.2, -0.15) is 0 Å². The van der Waals surface area contributed by atoms with E-state index in [1.165, 1.54) is 12.8 Å². The van der Waals surface area contributed by atoms with Crippen molar-refractivity contribution in [1.82, 2.24) is 15.2 Å². The predicted octanol–water partition coefficient (Wildman–Crippen LogP) is 2.30. The number of hydrogen-bond donors (Lipinski definition) is 1. The van der Waals surface area contributed by atoms with Gasteiger partial charge in [0.15, 0.2) is 0 Å². The Bertz CT molecular complexity index is 410. The molecule has 0 radical (unpaired) electrons. The van der Waals surface area contributed by atoms with Crippen LogP contribution >= 0.6 is 0 Å². The van der Waals surface area contributed by atoms with Gasteiger partial charge in [-0.15, -0.1) is 0 Å². The number of nitrogens with one attached hydrogen (secondary N) is 1. The van der Waals surface area contributed by atoms with Gasteiger partial charge < -0.3 is 10.1 Å². The van der Waals surface area contributed by atoms with E-state index in [1.54, 1.807) is 7.11 Å². The Morgan fingerprint density at radius 2 is 2.35 bits per heavy atom. The molecule has 2 rings (SSSR count). The largest absolute Gasteiger partial charge is 0.481 e. The zero-order valence-electron chi connectivity index (χ0n) is 12.9. The maximum atomic E-state index is 5.20. The molecule has 4 heteroatoms. The van der Waals surface area contributed by atoms with Crippen LogP contribution in [0.5, 0.6) is 5.88 Å². The van der Waals surface area contributed by atoms with Crippen LogP contribution in [0.4, 0.5) is 0 Å². The van der Waals surface area contributed by atoms with Crippen LogP contribution in [0.1, 0.15) is 32.4 Å². The standard InChI is InChI=1S/C16H27N3O/c1-4-13(2)15-12-19(10-6-9-17-15)11-14-7-5-8-16(18-14)20-3/h5,7-8,13,15,17H,4,6,9-12H2,1-3H3. The molecule has 0 spiro atoms. The Balaban J connectivity index is 1.99. The fourth-order valence-corrected chi connectivity index (χ4v) is 2.72. The van der Waals surface area contributed by atoms with Crippen molar-refractivity contribution in [1.29, 1.82) is 0 Å². The molecule has 0 bridgehead atoms. The summed E-state index contributed by atoms with van der Waals surface area (Å²) in [5, 5.41) is 3.68. The molecule has 1 aromatic heterocycles. The van der Waals surface area contributed by atoms with Crippen molar-refractivity contribution in [3.63, 3.8) is 0 Å². The van der Waals surface area contributed by atoms with Crippen LogP contribution < -0.4 is 10.1 Å². The highest BCUT2D eigenvalue weighted by Crippen LogP contribution is 2.15. The van der Waals surface area contributed by atoms with Crippen molar-refractivity contribution in [3.05, 3.63) is 23.9 Å². The minimum Gasteiger partial charge on any atom is -0.481 e. The highest BCUT2D eigenvalue weighted by atomic mass is 16.5. The van der Waals surface area contributed by atoms with Gasteiger partial charge in [0.25, 0.3) is 0 Å². The van der Waals surface area contributed by atoms with Crippen molar-refractivity contribution >= 4 is 0 Å². The Labute approximate surface area is 122 Å². The SMILES string of the molecule is CCC(C)C1CN(Cc2cccc(OC)n2)CCCN1. The first-order valence-electron chi connectivity index (χ1n) is 7.68. The molecule has 2 unspecified atom stereocenters. The van der Waals surface area contributed by atoms with Crippen LogP contribution in [-0.2, 0) is 6.54 Å². The first-order valence-corrected chi connectivity index (χ1v) is 7.68. The first kappa shape index (κ1) is 15.3. The average Bonchev–Trinajstić information content (AvgIpc) is 2.72. The first-order chi connectivity index (χ1) is 9.72. The number of rotatable bonds is 5. The second kappa shape index (κ2) is 7.60. The Morgan fingerprint density at radius 1 is 1.50 bits per heavy atom. The lowest BCUT2D eigenvalue weighted by atomic mass is 9.99. The molecule has 1 saturated heterocycles. The smallest absolute Gasteiger partial charge is 0.213 e. The molecule has 0 saturated carbocycles. The number of aromatic nitrogens is 1. The van der Waals surface area contributed by atoms with Gasteiger partial charge in [-0.3, -0.25) is 4.90 Å². The van der Waals surface area contributed by atoms with Crippen LogP contribution in [0.15, 0.2) is 18.2 Å². The molecule has 0 aliphatic carbocycles. The van der Waals surface area contributed by atoms with E-state index in [-0.39, 0.29) is 0 Å². The van der Waals surface area contributed by atoms with Gasteiger partial charge in [0.05, 0.1) is 12.8 Å². The Morgan fingerprint density at radius 3 is 3.10 bits per heavy atom. The highest BCUT2D eigenvalue weighted by Gasteiger charge is 2.21. The zero-order chi connectivity index (χ0) is 14.4. The van der Waals surface area contributed by atoms with Crippen molar-refractivity contribution in [2.75, 3.05) is 26.7 Å². The summed E-state index contributed by atoms with van der Waals surface area (Å²) in [4.78, 5) is 7.03. The molecule has 1 N–H and O–H groups in total. The summed E-state index contributed by atoms with van der Waals surface area (Å²) in [7, 11) is 1.67. The molecule has 2 atom stereocenters. The molecule has 0 amide bonds. The fourth-order valence-electron chi connectivity index (χ4n) is 2.72. The molecule has 1 aliphatic heterocycles. The highest BCUT2D eigenvalue weighted by molar-refractivity contribution is 5.15. The monoisotopic (exact) mass is 277 g/mol. The summed E-state index contributed by atoms with van der Waals surface area (Å²) in [6.45, 7) is 8.88. The lowest BCUT2D eigenvalue weighted by molar-refractivity contribution is 0.228. The molecular weight excluding hydrogens is 250 g/mol. The molecule has 1 aromatic rings. The number of pyridine rings is 1. The molecule has 1 aliphatic rings. The van der Waals surface area contributed by atoms with Crippen LogP contribution in [-0.4, -0.2) is 42.7 Å². The summed E-state index contributed by atoms with van der Waals surface area (Å²) >= 11 is 0. The fraction of sp³-hybridized carbons (Fsp3) is 0.688. The normalized spacial score (nSPS) is 22.2. The van der Waals surface area contributed by atoms with Gasteiger partial charge in [-0.1, -0.05) is 26.3 Å². The number of hydrogen-bond acceptors (Lipinski definition) is 4. The maximum absolute atomic E-state index is 5.20. The number of nitrogens with zero attached hydrogens (tertiary/aromatic N) is 2. The molecular formula is C16H27N3O. The Kier molecular flexibility index (Phi) is 5.80. The number of ether oxygens (including phenoxy) is 1. The second-order valence-corrected chi connectivity index (χ2v) is 5.71. The molecule has 112 valence electrons. The van der Waals surface area contributed by atoms with E-state index in [1.807, 2.05) is 12.1 Å². The topological polar surface area (TPSA) is 37.4 Å². The third kappa shape index (κ3) is 4.18. The van der Waals surface area contributed by atoms with Crippen LogP contribution in [0.25, 0.3) is 0 Å². The van der Waals surface area contributed by atoms with Crippen molar-refractivity contribution < 1.29 is 4.74 Å². The maximum Gasteiger partial charge on any atom is 0.213 e. The zero-order valence-corrected chi connectivity index (χ0v) is 12.9. The Hall–Kier alpha value is -1.13. The molecule has 0 aromatic carbocycles. The van der Waals surface area contributed by atoms with E-state index >= 15 is 0 Å². The van der Waals surface area contributed by atoms with Crippen molar-refractivity contribution in [2.45, 2.75) is 39.3 Å². The van der Waals surface area contributed by atoms with Crippen LogP contribution in [0, 0.1) is 5.92 Å². The lowest BCUT2D eigenvalue weighted by Crippen LogP contribution is -2.41.